The number of hydrogen-bond donors (Lipinski definition) is 3. The molecule has 0 bridgehead atoms. The molecule has 0 unspecified atom stereocenters. The summed E-state index contributed by atoms with van der Waals surface area (Å²) in [4.78, 5) is 29.9. The summed E-state index contributed by atoms with van der Waals surface area (Å²) in [5.41, 5.74) is 6.10. The first-order chi connectivity index (χ1) is 13.3. The van der Waals surface area contributed by atoms with Crippen molar-refractivity contribution < 1.29 is 18.0 Å². The Morgan fingerprint density at radius 1 is 1.14 bits per heavy atom. The highest BCUT2D eigenvalue weighted by atomic mass is 35.5. The van der Waals surface area contributed by atoms with Gasteiger partial charge in [0.25, 0.3) is 5.91 Å². The molecule has 142 valence electrons. The Balaban J connectivity index is 1.94. The smallest absolute Gasteiger partial charge is 0.366 e. The van der Waals surface area contributed by atoms with Gasteiger partial charge in [0.05, 0.1) is 28.8 Å². The van der Waals surface area contributed by atoms with Crippen LogP contribution in [-0.4, -0.2) is 30.8 Å². The maximum absolute atomic E-state index is 13.1. The lowest BCUT2D eigenvalue weighted by molar-refractivity contribution is -0.137. The molecule has 3 aromatic heterocycles. The number of primary amides is 1. The monoisotopic (exact) mass is 406 g/mol. The molecule has 0 aliphatic carbocycles. The van der Waals surface area contributed by atoms with E-state index in [1.807, 2.05) is 0 Å². The number of nitrogens with zero attached hydrogens (tertiary/aromatic N) is 3. The summed E-state index contributed by atoms with van der Waals surface area (Å²) >= 11 is 6.11. The number of fused-ring (bicyclic) bond motifs is 1. The lowest BCUT2D eigenvalue weighted by Crippen LogP contribution is -2.11. The number of amides is 1. The van der Waals surface area contributed by atoms with Gasteiger partial charge in [-0.05, 0) is 24.3 Å². The molecule has 0 radical (unpaired) electrons. The Bertz CT molecular complexity index is 1210. The van der Waals surface area contributed by atoms with Crippen LogP contribution >= 0.6 is 11.6 Å². The number of carbonyl (C=O) groups is 1. The quantitative estimate of drug-likeness (QED) is 0.480. The fourth-order valence-corrected chi connectivity index (χ4v) is 3.06. The predicted molar refractivity (Wildman–Crippen MR) is 95.4 cm³/mol. The first kappa shape index (κ1) is 18.0. The minimum Gasteiger partial charge on any atom is -0.366 e. The van der Waals surface area contributed by atoms with Gasteiger partial charge < -0.3 is 15.7 Å². The third-order valence-electron chi connectivity index (χ3n) is 4.12. The Morgan fingerprint density at radius 2 is 1.93 bits per heavy atom. The summed E-state index contributed by atoms with van der Waals surface area (Å²) in [6.07, 6.45) is -1.86. The molecule has 0 fully saturated rings. The molecule has 28 heavy (non-hydrogen) atoms. The normalized spacial score (nSPS) is 11.9. The highest BCUT2D eigenvalue weighted by Gasteiger charge is 2.32. The van der Waals surface area contributed by atoms with Crippen molar-refractivity contribution in [3.8, 4) is 22.6 Å². The summed E-state index contributed by atoms with van der Waals surface area (Å²) in [6.45, 7) is 0. The lowest BCUT2D eigenvalue weighted by Gasteiger charge is -2.10. The Kier molecular flexibility index (Phi) is 4.07. The van der Waals surface area contributed by atoms with E-state index in [0.717, 1.165) is 18.2 Å². The number of nitrogens with one attached hydrogen (secondary N) is 2. The van der Waals surface area contributed by atoms with E-state index in [1.54, 1.807) is 0 Å². The third kappa shape index (κ3) is 2.97. The zero-order valence-electron chi connectivity index (χ0n) is 13.8. The predicted octanol–water partition coefficient (Wildman–Crippen LogP) is 3.79. The molecule has 4 rings (SSSR count). The number of rotatable bonds is 3. The number of halogens is 4. The lowest BCUT2D eigenvalue weighted by atomic mass is 10.0. The van der Waals surface area contributed by atoms with E-state index in [2.05, 4.69) is 24.9 Å². The average molecular weight is 407 g/mol. The molecule has 3 heterocycles. The van der Waals surface area contributed by atoms with Crippen molar-refractivity contribution in [1.29, 1.82) is 0 Å². The number of alkyl halides is 3. The second kappa shape index (κ2) is 6.34. The summed E-state index contributed by atoms with van der Waals surface area (Å²) in [7, 11) is 0. The maximum Gasteiger partial charge on any atom is 0.416 e. The maximum atomic E-state index is 13.1. The third-order valence-corrected chi connectivity index (χ3v) is 4.45. The van der Waals surface area contributed by atoms with E-state index in [9.17, 15) is 18.0 Å². The van der Waals surface area contributed by atoms with Crippen LogP contribution in [0.1, 0.15) is 15.9 Å². The zero-order chi connectivity index (χ0) is 20.1. The molecule has 0 aliphatic rings. The number of hydrogen-bond acceptors (Lipinski definition) is 4. The standard InChI is InChI=1S/C17H10ClF3N6O/c18-10-2-1-7(17(19,20)21)3-8(10)12-9(15(22)28)4-11(27-12)13-14-16(25-5-23-13)26-6-24-14/h1-6,27H,(H2,22,28)(H,23,24,25,26). The number of nitrogens with two attached hydrogens (primary N) is 1. The van der Waals surface area contributed by atoms with Crippen LogP contribution in [0.25, 0.3) is 33.8 Å². The Labute approximate surface area is 159 Å². The van der Waals surface area contributed by atoms with Gasteiger partial charge in [0.1, 0.15) is 17.5 Å². The fourth-order valence-electron chi connectivity index (χ4n) is 2.84. The fraction of sp³-hybridized carbons (Fsp3) is 0.0588. The molecule has 4 aromatic rings. The number of carbonyl (C=O) groups excluding carboxylic acids is 1. The topological polar surface area (TPSA) is 113 Å². The van der Waals surface area contributed by atoms with Crippen LogP contribution in [0.2, 0.25) is 5.02 Å². The summed E-state index contributed by atoms with van der Waals surface area (Å²) < 4.78 is 39.3. The molecule has 0 saturated carbocycles. The van der Waals surface area contributed by atoms with Crippen molar-refractivity contribution in [3.63, 3.8) is 0 Å². The molecular formula is C17H10ClF3N6O. The van der Waals surface area contributed by atoms with Crippen LogP contribution in [0.15, 0.2) is 36.9 Å². The molecule has 0 aliphatic heterocycles. The molecule has 1 amide bonds. The van der Waals surface area contributed by atoms with Crippen LogP contribution in [0.3, 0.4) is 0 Å². The van der Waals surface area contributed by atoms with Crippen molar-refractivity contribution in [2.24, 2.45) is 5.73 Å². The molecule has 0 atom stereocenters. The van der Waals surface area contributed by atoms with Gasteiger partial charge in [-0.15, -0.1) is 0 Å². The number of aromatic nitrogens is 5. The number of imidazole rings is 1. The minimum absolute atomic E-state index is 0.0103. The summed E-state index contributed by atoms with van der Waals surface area (Å²) in [6, 6.07) is 4.22. The Hall–Kier alpha value is -3.40. The van der Waals surface area contributed by atoms with Crippen molar-refractivity contribution >= 4 is 28.7 Å². The van der Waals surface area contributed by atoms with E-state index in [0.29, 0.717) is 22.6 Å². The van der Waals surface area contributed by atoms with Crippen molar-refractivity contribution in [1.82, 2.24) is 24.9 Å². The first-order valence-electron chi connectivity index (χ1n) is 7.80. The van der Waals surface area contributed by atoms with E-state index in [1.165, 1.54) is 18.7 Å². The summed E-state index contributed by atoms with van der Waals surface area (Å²) in [5, 5.41) is 0.0245. The largest absolute Gasteiger partial charge is 0.416 e. The van der Waals surface area contributed by atoms with Crippen LogP contribution < -0.4 is 5.73 Å². The highest BCUT2D eigenvalue weighted by molar-refractivity contribution is 6.33. The van der Waals surface area contributed by atoms with Gasteiger partial charge in [0.2, 0.25) is 0 Å². The van der Waals surface area contributed by atoms with E-state index < -0.39 is 17.6 Å². The molecule has 4 N–H and O–H groups in total. The average Bonchev–Trinajstić information content (AvgIpc) is 3.28. The molecule has 1 aromatic carbocycles. The number of benzene rings is 1. The van der Waals surface area contributed by atoms with Crippen molar-refractivity contribution in [3.05, 3.63) is 53.1 Å². The van der Waals surface area contributed by atoms with Gasteiger partial charge in [0, 0.05) is 10.6 Å². The highest BCUT2D eigenvalue weighted by Crippen LogP contribution is 2.38. The van der Waals surface area contributed by atoms with Gasteiger partial charge in [0.15, 0.2) is 5.65 Å². The molecule has 11 heteroatoms. The van der Waals surface area contributed by atoms with E-state index in [-0.39, 0.29) is 21.8 Å². The van der Waals surface area contributed by atoms with Crippen LogP contribution in [0.5, 0.6) is 0 Å². The van der Waals surface area contributed by atoms with Crippen LogP contribution in [-0.2, 0) is 6.18 Å². The van der Waals surface area contributed by atoms with Gasteiger partial charge in [-0.25, -0.2) is 15.0 Å². The molecule has 0 saturated heterocycles. The van der Waals surface area contributed by atoms with Crippen LogP contribution in [0.4, 0.5) is 13.2 Å². The van der Waals surface area contributed by atoms with Crippen LogP contribution in [0, 0.1) is 0 Å². The van der Waals surface area contributed by atoms with Gasteiger partial charge in [-0.1, -0.05) is 11.6 Å². The Morgan fingerprint density at radius 3 is 2.64 bits per heavy atom. The SMILES string of the molecule is NC(=O)c1cc(-c2ncnc3[nH]cnc23)[nH]c1-c1cc(C(F)(F)F)ccc1Cl. The van der Waals surface area contributed by atoms with E-state index in [4.69, 9.17) is 17.3 Å². The second-order valence-electron chi connectivity index (χ2n) is 5.85. The minimum atomic E-state index is -4.57. The molecule has 7 nitrogen and oxygen atoms in total. The van der Waals surface area contributed by atoms with Gasteiger partial charge in [-0.2, -0.15) is 13.2 Å². The molecule has 0 spiro atoms. The number of aromatic amines is 2. The van der Waals surface area contributed by atoms with Crippen molar-refractivity contribution in [2.75, 3.05) is 0 Å². The van der Waals surface area contributed by atoms with Crippen molar-refractivity contribution in [2.45, 2.75) is 6.18 Å². The van der Waals surface area contributed by atoms with Gasteiger partial charge >= 0.3 is 6.18 Å². The molecular weight excluding hydrogens is 397 g/mol. The summed E-state index contributed by atoms with van der Waals surface area (Å²) in [5.74, 6) is -0.835. The zero-order valence-corrected chi connectivity index (χ0v) is 14.6. The number of H-pyrrole nitrogens is 2. The van der Waals surface area contributed by atoms with E-state index >= 15 is 0 Å². The second-order valence-corrected chi connectivity index (χ2v) is 6.26. The van der Waals surface area contributed by atoms with Gasteiger partial charge in [-0.3, -0.25) is 4.79 Å². The first-order valence-corrected chi connectivity index (χ1v) is 8.18.